The van der Waals surface area contributed by atoms with Crippen molar-refractivity contribution in [2.24, 2.45) is 0 Å². The predicted octanol–water partition coefficient (Wildman–Crippen LogP) is 1.70. The first-order chi connectivity index (χ1) is 13.0. The highest BCUT2D eigenvalue weighted by atomic mass is 16.5. The van der Waals surface area contributed by atoms with Crippen molar-refractivity contribution in [2.75, 3.05) is 45.9 Å². The van der Waals surface area contributed by atoms with Gasteiger partial charge in [-0.3, -0.25) is 4.79 Å². The lowest BCUT2D eigenvalue weighted by Gasteiger charge is -2.34. The zero-order chi connectivity index (χ0) is 18.9. The molecule has 3 heterocycles. The van der Waals surface area contributed by atoms with Gasteiger partial charge in [-0.05, 0) is 44.5 Å². The number of likely N-dealkylation sites (tertiary alicyclic amines) is 1. The third-order valence-corrected chi connectivity index (χ3v) is 5.79. The second-order valence-electron chi connectivity index (χ2n) is 8.03. The summed E-state index contributed by atoms with van der Waals surface area (Å²) in [5.74, 6) is 0.0493. The van der Waals surface area contributed by atoms with Crippen molar-refractivity contribution in [3.63, 3.8) is 0 Å². The predicted molar refractivity (Wildman–Crippen MR) is 105 cm³/mol. The van der Waals surface area contributed by atoms with E-state index in [0.717, 1.165) is 35.2 Å². The summed E-state index contributed by atoms with van der Waals surface area (Å²) in [7, 11) is 0. The van der Waals surface area contributed by atoms with E-state index in [2.05, 4.69) is 16.0 Å². The van der Waals surface area contributed by atoms with Crippen LogP contribution < -0.4 is 0 Å². The highest BCUT2D eigenvalue weighted by Gasteiger charge is 2.36. The summed E-state index contributed by atoms with van der Waals surface area (Å²) in [6, 6.07) is 8.08. The van der Waals surface area contributed by atoms with Crippen molar-refractivity contribution in [3.8, 4) is 0 Å². The van der Waals surface area contributed by atoms with Gasteiger partial charge in [0.1, 0.15) is 5.60 Å². The van der Waals surface area contributed by atoms with E-state index in [1.807, 2.05) is 25.1 Å². The van der Waals surface area contributed by atoms with Gasteiger partial charge >= 0.3 is 0 Å². The van der Waals surface area contributed by atoms with Crippen molar-refractivity contribution in [1.29, 1.82) is 0 Å². The molecule has 0 saturated carbocycles. The van der Waals surface area contributed by atoms with Crippen LogP contribution in [0.5, 0.6) is 0 Å². The lowest BCUT2D eigenvalue weighted by Crippen LogP contribution is -2.53. The van der Waals surface area contributed by atoms with Crippen LogP contribution in [0.2, 0.25) is 0 Å². The molecule has 1 aromatic carbocycles. The number of hydrogen-bond acceptors (Lipinski definition) is 4. The molecule has 2 fully saturated rings. The molecule has 0 spiro atoms. The molecule has 4 rings (SSSR count). The smallest absolute Gasteiger partial charge is 0.227 e. The first kappa shape index (κ1) is 18.5. The number of nitrogens with one attached hydrogen (secondary N) is 1. The molecule has 1 unspecified atom stereocenters. The van der Waals surface area contributed by atoms with Gasteiger partial charge < -0.3 is 24.6 Å². The highest BCUT2D eigenvalue weighted by Crippen LogP contribution is 2.24. The molecule has 0 radical (unpaired) electrons. The van der Waals surface area contributed by atoms with Crippen LogP contribution in [0, 0.1) is 6.92 Å². The number of nitrogens with zero attached hydrogens (tertiary/aromatic N) is 2. The Morgan fingerprint density at radius 3 is 2.85 bits per heavy atom. The molecule has 0 bridgehead atoms. The minimum atomic E-state index is -0.994. The highest BCUT2D eigenvalue weighted by molar-refractivity contribution is 5.90. The SMILES string of the molecule is Cc1[nH]c2ccccc2c1CC(=O)N1CCOCC(O)(CN2CCCC2)C1. The van der Waals surface area contributed by atoms with Gasteiger partial charge in [-0.1, -0.05) is 18.2 Å². The van der Waals surface area contributed by atoms with Crippen LogP contribution in [-0.4, -0.2) is 77.3 Å². The summed E-state index contributed by atoms with van der Waals surface area (Å²) in [6.07, 6.45) is 2.70. The lowest BCUT2D eigenvalue weighted by atomic mass is 10.0. The minimum Gasteiger partial charge on any atom is -0.384 e. The van der Waals surface area contributed by atoms with Gasteiger partial charge in [-0.2, -0.15) is 0 Å². The number of ether oxygens (including phenoxy) is 1. The van der Waals surface area contributed by atoms with Crippen molar-refractivity contribution in [1.82, 2.24) is 14.8 Å². The van der Waals surface area contributed by atoms with Gasteiger partial charge in [0.15, 0.2) is 0 Å². The topological polar surface area (TPSA) is 68.8 Å². The molecule has 27 heavy (non-hydrogen) atoms. The number of aliphatic hydroxyl groups is 1. The van der Waals surface area contributed by atoms with Gasteiger partial charge in [-0.25, -0.2) is 0 Å². The number of aromatic amines is 1. The van der Waals surface area contributed by atoms with Crippen molar-refractivity contribution in [3.05, 3.63) is 35.5 Å². The van der Waals surface area contributed by atoms with Crippen LogP contribution in [0.4, 0.5) is 0 Å². The summed E-state index contributed by atoms with van der Waals surface area (Å²) in [5.41, 5.74) is 2.14. The summed E-state index contributed by atoms with van der Waals surface area (Å²) < 4.78 is 5.65. The number of H-pyrrole nitrogens is 1. The quantitative estimate of drug-likeness (QED) is 0.858. The fraction of sp³-hybridized carbons (Fsp3) is 0.571. The molecule has 1 atom stereocenters. The van der Waals surface area contributed by atoms with Gasteiger partial charge in [-0.15, -0.1) is 0 Å². The van der Waals surface area contributed by atoms with Crippen LogP contribution >= 0.6 is 0 Å². The standard InChI is InChI=1S/C21H29N3O3/c1-16-18(17-6-2-3-7-19(17)22-16)12-20(25)24-10-11-27-15-21(26,14-24)13-23-8-4-5-9-23/h2-3,6-7,22,26H,4-5,8-15H2,1H3. The van der Waals surface area contributed by atoms with Crippen molar-refractivity contribution < 1.29 is 14.6 Å². The Hall–Kier alpha value is -1.89. The average Bonchev–Trinajstić information content (AvgIpc) is 3.20. The number of carbonyl (C=O) groups excluding carboxylic acids is 1. The largest absolute Gasteiger partial charge is 0.384 e. The van der Waals surface area contributed by atoms with Crippen LogP contribution in [-0.2, 0) is 16.0 Å². The molecular formula is C21H29N3O3. The van der Waals surface area contributed by atoms with Crippen LogP contribution in [0.15, 0.2) is 24.3 Å². The van der Waals surface area contributed by atoms with E-state index in [1.165, 1.54) is 12.8 Å². The number of para-hydroxylation sites is 1. The fourth-order valence-corrected chi connectivity index (χ4v) is 4.41. The fourth-order valence-electron chi connectivity index (χ4n) is 4.41. The normalized spacial score (nSPS) is 24.4. The summed E-state index contributed by atoms with van der Waals surface area (Å²) in [4.78, 5) is 20.5. The number of aryl methyl sites for hydroxylation is 1. The molecule has 2 saturated heterocycles. The Balaban J connectivity index is 1.49. The Morgan fingerprint density at radius 1 is 1.26 bits per heavy atom. The zero-order valence-corrected chi connectivity index (χ0v) is 16.0. The maximum absolute atomic E-state index is 13.1. The first-order valence-electron chi connectivity index (χ1n) is 9.90. The van der Waals surface area contributed by atoms with E-state index in [4.69, 9.17) is 4.74 Å². The number of hydrogen-bond donors (Lipinski definition) is 2. The Bertz CT molecular complexity index is 812. The van der Waals surface area contributed by atoms with Crippen LogP contribution in [0.3, 0.4) is 0 Å². The van der Waals surface area contributed by atoms with Gasteiger partial charge in [0.25, 0.3) is 0 Å². The first-order valence-corrected chi connectivity index (χ1v) is 9.90. The Morgan fingerprint density at radius 2 is 2.04 bits per heavy atom. The third-order valence-electron chi connectivity index (χ3n) is 5.79. The maximum Gasteiger partial charge on any atom is 0.227 e. The van der Waals surface area contributed by atoms with E-state index >= 15 is 0 Å². The van der Waals surface area contributed by atoms with E-state index in [1.54, 1.807) is 4.90 Å². The van der Waals surface area contributed by atoms with Crippen LogP contribution in [0.25, 0.3) is 10.9 Å². The molecule has 2 N–H and O–H groups in total. The Kier molecular flexibility index (Phi) is 5.21. The summed E-state index contributed by atoms with van der Waals surface area (Å²) in [5, 5.41) is 12.2. The van der Waals surface area contributed by atoms with Crippen LogP contribution in [0.1, 0.15) is 24.1 Å². The molecule has 6 nitrogen and oxygen atoms in total. The third kappa shape index (κ3) is 4.03. The second kappa shape index (κ2) is 7.62. The molecular weight excluding hydrogens is 342 g/mol. The van der Waals surface area contributed by atoms with Crippen molar-refractivity contribution in [2.45, 2.75) is 31.8 Å². The maximum atomic E-state index is 13.1. The monoisotopic (exact) mass is 371 g/mol. The number of amides is 1. The molecule has 1 amide bonds. The van der Waals surface area contributed by atoms with E-state index in [-0.39, 0.29) is 5.91 Å². The number of rotatable bonds is 4. The lowest BCUT2D eigenvalue weighted by molar-refractivity contribution is -0.133. The summed E-state index contributed by atoms with van der Waals surface area (Å²) >= 11 is 0. The van der Waals surface area contributed by atoms with E-state index < -0.39 is 5.60 Å². The van der Waals surface area contributed by atoms with Gasteiger partial charge in [0.05, 0.1) is 26.2 Å². The molecule has 1 aromatic heterocycles. The average molecular weight is 371 g/mol. The van der Waals surface area contributed by atoms with E-state index in [9.17, 15) is 9.90 Å². The number of fused-ring (bicyclic) bond motifs is 1. The summed E-state index contributed by atoms with van der Waals surface area (Å²) in [6.45, 7) is 6.25. The molecule has 0 aliphatic carbocycles. The molecule has 2 aliphatic heterocycles. The van der Waals surface area contributed by atoms with Gasteiger partial charge in [0, 0.05) is 29.7 Å². The molecule has 146 valence electrons. The number of carbonyl (C=O) groups is 1. The molecule has 6 heteroatoms. The number of aromatic nitrogens is 1. The number of benzene rings is 1. The Labute approximate surface area is 160 Å². The van der Waals surface area contributed by atoms with Crippen molar-refractivity contribution >= 4 is 16.8 Å². The second-order valence-corrected chi connectivity index (χ2v) is 8.03. The van der Waals surface area contributed by atoms with Gasteiger partial charge in [0.2, 0.25) is 5.91 Å². The molecule has 2 aliphatic rings. The minimum absolute atomic E-state index is 0.0493. The molecule has 2 aromatic rings. The van der Waals surface area contributed by atoms with E-state index in [0.29, 0.717) is 39.3 Å². The number of β-amino-alcohol motifs (C(OH)–C–C–N with tert-alkyl or cyclic N) is 1. The zero-order valence-electron chi connectivity index (χ0n) is 16.0.